The van der Waals surface area contributed by atoms with Gasteiger partial charge in [0.25, 0.3) is 0 Å². The summed E-state index contributed by atoms with van der Waals surface area (Å²) >= 11 is 0. The van der Waals surface area contributed by atoms with E-state index in [-0.39, 0.29) is 0 Å². The zero-order valence-corrected chi connectivity index (χ0v) is 11.5. The summed E-state index contributed by atoms with van der Waals surface area (Å²) in [6, 6.07) is 1.05. The minimum absolute atomic E-state index is 0.321. The zero-order valence-electron chi connectivity index (χ0n) is 11.5. The fourth-order valence-corrected chi connectivity index (χ4v) is 2.67. The van der Waals surface area contributed by atoms with E-state index < -0.39 is 0 Å². The summed E-state index contributed by atoms with van der Waals surface area (Å²) in [4.78, 5) is 14.3. The van der Waals surface area contributed by atoms with E-state index in [0.29, 0.717) is 31.0 Å². The molecule has 2 fully saturated rings. The van der Waals surface area contributed by atoms with Gasteiger partial charge >= 0.3 is 0 Å². The van der Waals surface area contributed by atoms with Crippen molar-refractivity contribution in [1.82, 2.24) is 10.2 Å². The Kier molecular flexibility index (Phi) is 5.45. The maximum atomic E-state index is 12.2. The SMILES string of the molecule is COCCCC(=O)N(CC1CCCCN1)C1CC1. The second-order valence-corrected chi connectivity index (χ2v) is 5.52. The van der Waals surface area contributed by atoms with Crippen molar-refractivity contribution in [3.8, 4) is 0 Å². The fourth-order valence-electron chi connectivity index (χ4n) is 2.67. The molecule has 0 aromatic heterocycles. The van der Waals surface area contributed by atoms with Gasteiger partial charge in [-0.15, -0.1) is 0 Å². The van der Waals surface area contributed by atoms with E-state index in [1.807, 2.05) is 0 Å². The first-order chi connectivity index (χ1) is 8.81. The molecule has 4 nitrogen and oxygen atoms in total. The highest BCUT2D eigenvalue weighted by Gasteiger charge is 2.33. The summed E-state index contributed by atoms with van der Waals surface area (Å²) in [5.41, 5.74) is 0. The van der Waals surface area contributed by atoms with Crippen LogP contribution in [0.1, 0.15) is 44.9 Å². The van der Waals surface area contributed by atoms with Crippen molar-refractivity contribution in [3.63, 3.8) is 0 Å². The molecular formula is C14H26N2O2. The lowest BCUT2D eigenvalue weighted by Gasteiger charge is -2.31. The molecule has 1 N–H and O–H groups in total. The van der Waals surface area contributed by atoms with Crippen LogP contribution in [0.15, 0.2) is 0 Å². The third-order valence-corrected chi connectivity index (χ3v) is 3.88. The standard InChI is InChI=1S/C14H26N2O2/c1-18-10-4-6-14(17)16(13-7-8-13)11-12-5-2-3-9-15-12/h12-13,15H,2-11H2,1H3. The van der Waals surface area contributed by atoms with Gasteiger partial charge in [-0.05, 0) is 38.6 Å². The number of hydrogen-bond donors (Lipinski definition) is 1. The zero-order chi connectivity index (χ0) is 12.8. The molecule has 0 aromatic rings. The molecule has 1 heterocycles. The predicted octanol–water partition coefficient (Wildman–Crippen LogP) is 1.55. The third-order valence-electron chi connectivity index (χ3n) is 3.88. The first-order valence-electron chi connectivity index (χ1n) is 7.33. The van der Waals surface area contributed by atoms with Crippen LogP contribution in [0.3, 0.4) is 0 Å². The van der Waals surface area contributed by atoms with Gasteiger partial charge in [0, 0.05) is 38.8 Å². The molecule has 0 aromatic carbocycles. The van der Waals surface area contributed by atoms with Crippen LogP contribution in [-0.2, 0) is 9.53 Å². The highest BCUT2D eigenvalue weighted by molar-refractivity contribution is 5.76. The van der Waals surface area contributed by atoms with E-state index in [1.165, 1.54) is 32.1 Å². The Labute approximate surface area is 110 Å². The Balaban J connectivity index is 1.77. The number of nitrogens with one attached hydrogen (secondary N) is 1. The normalized spacial score (nSPS) is 23.9. The molecule has 2 rings (SSSR count). The van der Waals surface area contributed by atoms with Gasteiger partial charge in [0.1, 0.15) is 0 Å². The predicted molar refractivity (Wildman–Crippen MR) is 71.5 cm³/mol. The van der Waals surface area contributed by atoms with Crippen molar-refractivity contribution in [1.29, 1.82) is 0 Å². The van der Waals surface area contributed by atoms with Crippen molar-refractivity contribution in [3.05, 3.63) is 0 Å². The molecule has 18 heavy (non-hydrogen) atoms. The summed E-state index contributed by atoms with van der Waals surface area (Å²) in [6.45, 7) is 2.71. The maximum Gasteiger partial charge on any atom is 0.222 e. The van der Waals surface area contributed by atoms with Gasteiger partial charge < -0.3 is 15.0 Å². The summed E-state index contributed by atoms with van der Waals surface area (Å²) < 4.78 is 5.01. The van der Waals surface area contributed by atoms with Gasteiger partial charge in [0.05, 0.1) is 0 Å². The Morgan fingerprint density at radius 1 is 1.33 bits per heavy atom. The van der Waals surface area contributed by atoms with Crippen LogP contribution in [-0.4, -0.2) is 49.7 Å². The van der Waals surface area contributed by atoms with Crippen LogP contribution < -0.4 is 5.32 Å². The van der Waals surface area contributed by atoms with Crippen LogP contribution in [0.4, 0.5) is 0 Å². The molecular weight excluding hydrogens is 228 g/mol. The topological polar surface area (TPSA) is 41.6 Å². The number of carbonyl (C=O) groups excluding carboxylic acids is 1. The second-order valence-electron chi connectivity index (χ2n) is 5.52. The summed E-state index contributed by atoms with van der Waals surface area (Å²) in [5, 5.41) is 3.54. The first kappa shape index (κ1) is 13.8. The molecule has 0 bridgehead atoms. The maximum absolute atomic E-state index is 12.2. The van der Waals surface area contributed by atoms with Crippen LogP contribution in [0.5, 0.6) is 0 Å². The number of ether oxygens (including phenoxy) is 1. The number of methoxy groups -OCH3 is 1. The number of hydrogen-bond acceptors (Lipinski definition) is 3. The number of rotatable bonds is 7. The summed E-state index contributed by atoms with van der Waals surface area (Å²) in [5.74, 6) is 0.321. The molecule has 4 heteroatoms. The number of piperidine rings is 1. The van der Waals surface area contributed by atoms with E-state index in [9.17, 15) is 4.79 Å². The smallest absolute Gasteiger partial charge is 0.222 e. The molecule has 2 aliphatic rings. The van der Waals surface area contributed by atoms with Gasteiger partial charge in [-0.1, -0.05) is 6.42 Å². The van der Waals surface area contributed by atoms with E-state index in [4.69, 9.17) is 4.74 Å². The first-order valence-corrected chi connectivity index (χ1v) is 7.33. The van der Waals surface area contributed by atoms with Crippen LogP contribution in [0.25, 0.3) is 0 Å². The van der Waals surface area contributed by atoms with E-state index in [0.717, 1.165) is 19.5 Å². The lowest BCUT2D eigenvalue weighted by Crippen LogP contribution is -2.46. The fraction of sp³-hybridized carbons (Fsp3) is 0.929. The number of amides is 1. The van der Waals surface area contributed by atoms with Crippen molar-refractivity contribution >= 4 is 5.91 Å². The number of carbonyl (C=O) groups is 1. The molecule has 104 valence electrons. The lowest BCUT2D eigenvalue weighted by atomic mass is 10.0. The Bertz CT molecular complexity index is 261. The highest BCUT2D eigenvalue weighted by Crippen LogP contribution is 2.28. The molecule has 1 atom stereocenters. The third kappa shape index (κ3) is 4.25. The van der Waals surface area contributed by atoms with Gasteiger partial charge in [-0.3, -0.25) is 4.79 Å². The molecule has 1 aliphatic heterocycles. The molecule has 1 saturated carbocycles. The Morgan fingerprint density at radius 2 is 2.17 bits per heavy atom. The minimum Gasteiger partial charge on any atom is -0.385 e. The summed E-state index contributed by atoms with van der Waals surface area (Å²) in [6.07, 6.45) is 7.67. The minimum atomic E-state index is 0.321. The van der Waals surface area contributed by atoms with Crippen molar-refractivity contribution in [2.24, 2.45) is 0 Å². The Hall–Kier alpha value is -0.610. The largest absolute Gasteiger partial charge is 0.385 e. The molecule has 1 unspecified atom stereocenters. The molecule has 1 saturated heterocycles. The van der Waals surface area contributed by atoms with E-state index in [1.54, 1.807) is 7.11 Å². The van der Waals surface area contributed by atoms with Crippen LogP contribution in [0, 0.1) is 0 Å². The van der Waals surface area contributed by atoms with Crippen molar-refractivity contribution < 1.29 is 9.53 Å². The number of nitrogens with zero attached hydrogens (tertiary/aromatic N) is 1. The van der Waals surface area contributed by atoms with Crippen LogP contribution in [0.2, 0.25) is 0 Å². The average molecular weight is 254 g/mol. The molecule has 0 spiro atoms. The van der Waals surface area contributed by atoms with E-state index >= 15 is 0 Å². The highest BCUT2D eigenvalue weighted by atomic mass is 16.5. The van der Waals surface area contributed by atoms with Gasteiger partial charge in [0.15, 0.2) is 0 Å². The van der Waals surface area contributed by atoms with Crippen molar-refractivity contribution in [2.45, 2.75) is 57.0 Å². The Morgan fingerprint density at radius 3 is 2.78 bits per heavy atom. The molecule has 1 aliphatic carbocycles. The second kappa shape index (κ2) is 7.10. The lowest BCUT2D eigenvalue weighted by molar-refractivity contribution is -0.132. The van der Waals surface area contributed by atoms with Gasteiger partial charge in [0.2, 0.25) is 5.91 Å². The van der Waals surface area contributed by atoms with Crippen LogP contribution >= 0.6 is 0 Å². The quantitative estimate of drug-likeness (QED) is 0.701. The van der Waals surface area contributed by atoms with Gasteiger partial charge in [-0.25, -0.2) is 0 Å². The molecule has 0 radical (unpaired) electrons. The van der Waals surface area contributed by atoms with Crippen molar-refractivity contribution in [2.75, 3.05) is 26.8 Å². The van der Waals surface area contributed by atoms with E-state index in [2.05, 4.69) is 10.2 Å². The molecule has 1 amide bonds. The summed E-state index contributed by atoms with van der Waals surface area (Å²) in [7, 11) is 1.69. The monoisotopic (exact) mass is 254 g/mol. The van der Waals surface area contributed by atoms with Gasteiger partial charge in [-0.2, -0.15) is 0 Å². The average Bonchev–Trinajstić information content (AvgIpc) is 3.21.